The number of anilines is 2. The average molecular weight is 533 g/mol. The lowest BCUT2D eigenvalue weighted by Gasteiger charge is -2.23. The Hall–Kier alpha value is -2.74. The molecule has 1 aromatic rings. The van der Waals surface area contributed by atoms with Crippen LogP contribution in [0.25, 0.3) is 0 Å². The number of nitrogens with one attached hydrogen (secondary N) is 2. The summed E-state index contributed by atoms with van der Waals surface area (Å²) in [6, 6.07) is 5.74. The van der Waals surface area contributed by atoms with Gasteiger partial charge in [0.15, 0.2) is 12.1 Å². The van der Waals surface area contributed by atoms with E-state index in [4.69, 9.17) is 9.47 Å². The highest BCUT2D eigenvalue weighted by atomic mass is 16.5. The van der Waals surface area contributed by atoms with Crippen LogP contribution in [0.15, 0.2) is 24.3 Å². The molecular weight excluding hydrogens is 492 g/mol. The fourth-order valence-electron chi connectivity index (χ4n) is 5.77. The van der Waals surface area contributed by atoms with Crippen molar-refractivity contribution in [3.05, 3.63) is 24.3 Å². The molecule has 12 heteroatoms. The first-order valence-corrected chi connectivity index (χ1v) is 13.8. The van der Waals surface area contributed by atoms with Crippen molar-refractivity contribution in [1.29, 1.82) is 0 Å². The Bertz CT molecular complexity index is 943. The molecule has 4 heterocycles. The molecule has 4 fully saturated rings. The molecule has 1 aromatic carbocycles. The molecular formula is C26H40N6O6+4. The number of nitrogens with zero attached hydrogens (tertiary/aromatic N) is 2. The van der Waals surface area contributed by atoms with Crippen LogP contribution in [0.4, 0.5) is 11.4 Å². The number of carbonyl (C=O) groups is 4. The molecule has 206 valence electrons. The van der Waals surface area contributed by atoms with E-state index < -0.39 is 12.1 Å². The van der Waals surface area contributed by atoms with E-state index >= 15 is 0 Å². The van der Waals surface area contributed by atoms with Gasteiger partial charge in [0.25, 0.3) is 11.8 Å². The maximum atomic E-state index is 13.0. The zero-order chi connectivity index (χ0) is 26.5. The van der Waals surface area contributed by atoms with E-state index in [0.29, 0.717) is 11.4 Å². The van der Waals surface area contributed by atoms with E-state index in [1.165, 1.54) is 19.6 Å². The molecule has 0 aliphatic carbocycles. The van der Waals surface area contributed by atoms with Gasteiger partial charge in [-0.25, -0.2) is 9.80 Å². The van der Waals surface area contributed by atoms with E-state index in [1.807, 2.05) is 10.6 Å². The number of carbonyl (C=O) groups excluding carboxylic acids is 4. The number of rotatable bonds is 10. The van der Waals surface area contributed by atoms with Crippen LogP contribution >= 0.6 is 0 Å². The highest BCUT2D eigenvalue weighted by molar-refractivity contribution is 6.23. The standard InChI is InChI=1S/C26H36N6O6/c33-23-17-21(27-5-7-29-9-13-37-14-10-29)25(35)31(23)19-1-2-20(4-3-19)32-24(34)18-22(26(32)36)28-6-8-30-11-15-38-16-12-30/h1-4,21-22,27-28H,5-18H2/p+4/t21-,22+. The third-order valence-electron chi connectivity index (χ3n) is 8.03. The summed E-state index contributed by atoms with van der Waals surface area (Å²) in [5, 5.41) is 3.94. The Labute approximate surface area is 222 Å². The van der Waals surface area contributed by atoms with Crippen molar-refractivity contribution in [1.82, 2.24) is 0 Å². The van der Waals surface area contributed by atoms with E-state index in [2.05, 4.69) is 0 Å². The summed E-state index contributed by atoms with van der Waals surface area (Å²) < 4.78 is 10.8. The number of imide groups is 2. The van der Waals surface area contributed by atoms with Gasteiger partial charge in [0.1, 0.15) is 52.4 Å². The van der Waals surface area contributed by atoms with Crippen molar-refractivity contribution in [2.24, 2.45) is 0 Å². The third kappa shape index (κ3) is 6.11. The molecule has 6 N–H and O–H groups in total. The van der Waals surface area contributed by atoms with Crippen molar-refractivity contribution in [2.75, 3.05) is 88.6 Å². The number of morpholine rings is 2. The molecule has 0 bridgehead atoms. The highest BCUT2D eigenvalue weighted by Crippen LogP contribution is 2.27. The Morgan fingerprint density at radius 1 is 0.658 bits per heavy atom. The summed E-state index contributed by atoms with van der Waals surface area (Å²) in [7, 11) is 0. The number of quaternary nitrogens is 4. The number of amides is 4. The monoisotopic (exact) mass is 532 g/mol. The Morgan fingerprint density at radius 2 is 1.03 bits per heavy atom. The van der Waals surface area contributed by atoms with Crippen molar-refractivity contribution < 1.29 is 49.1 Å². The van der Waals surface area contributed by atoms with Gasteiger partial charge in [0.2, 0.25) is 11.8 Å². The number of hydrogen-bond donors (Lipinski definition) is 4. The molecule has 0 radical (unpaired) electrons. The second-order valence-corrected chi connectivity index (χ2v) is 10.5. The van der Waals surface area contributed by atoms with Gasteiger partial charge in [0, 0.05) is 0 Å². The maximum Gasteiger partial charge on any atom is 0.292 e. The highest BCUT2D eigenvalue weighted by Gasteiger charge is 2.44. The minimum absolute atomic E-state index is 0.172. The van der Waals surface area contributed by atoms with Crippen LogP contribution in [0.1, 0.15) is 12.8 Å². The summed E-state index contributed by atoms with van der Waals surface area (Å²) in [6.45, 7) is 10.4. The normalized spacial score (nSPS) is 25.7. The van der Waals surface area contributed by atoms with Crippen LogP contribution in [0, 0.1) is 0 Å². The largest absolute Gasteiger partial charge is 0.370 e. The number of hydrogen-bond acceptors (Lipinski definition) is 6. The summed E-state index contributed by atoms with van der Waals surface area (Å²) >= 11 is 0. The molecule has 4 aliphatic heterocycles. The number of nitrogens with two attached hydrogens (primary N) is 2. The lowest BCUT2D eigenvalue weighted by Crippen LogP contribution is -3.16. The van der Waals surface area contributed by atoms with Crippen molar-refractivity contribution in [3.8, 4) is 0 Å². The van der Waals surface area contributed by atoms with Gasteiger partial charge in [-0.3, -0.25) is 19.2 Å². The zero-order valence-corrected chi connectivity index (χ0v) is 21.9. The van der Waals surface area contributed by atoms with E-state index in [1.54, 1.807) is 24.3 Å². The third-order valence-corrected chi connectivity index (χ3v) is 8.03. The second-order valence-electron chi connectivity index (χ2n) is 10.5. The van der Waals surface area contributed by atoms with Crippen molar-refractivity contribution in [3.63, 3.8) is 0 Å². The van der Waals surface area contributed by atoms with Crippen molar-refractivity contribution >= 4 is 35.0 Å². The SMILES string of the molecule is O=C1C[C@H]([NH2+]CC[NH+]2CCOCC2)C(=O)N1c1ccc(N2C(=O)C[C@@H]([NH2+]CC[NH+]3CCOCC3)C2=O)cc1. The minimum Gasteiger partial charge on any atom is -0.370 e. The molecule has 0 unspecified atom stereocenters. The summed E-state index contributed by atoms with van der Waals surface area (Å²) in [6.07, 6.45) is 0.345. The fourth-order valence-corrected chi connectivity index (χ4v) is 5.77. The van der Waals surface area contributed by atoms with Crippen molar-refractivity contribution in [2.45, 2.75) is 24.9 Å². The smallest absolute Gasteiger partial charge is 0.292 e. The van der Waals surface area contributed by atoms with Crippen LogP contribution in [-0.4, -0.2) is 114 Å². The van der Waals surface area contributed by atoms with Crippen LogP contribution in [0.5, 0.6) is 0 Å². The minimum atomic E-state index is -0.417. The molecule has 0 saturated carbocycles. The van der Waals surface area contributed by atoms with Gasteiger partial charge in [-0.05, 0) is 24.3 Å². The molecule has 0 spiro atoms. The van der Waals surface area contributed by atoms with Gasteiger partial charge in [-0.15, -0.1) is 0 Å². The molecule has 2 atom stereocenters. The van der Waals surface area contributed by atoms with E-state index in [-0.39, 0.29) is 36.5 Å². The summed E-state index contributed by atoms with van der Waals surface area (Å²) in [4.78, 5) is 56.8. The maximum absolute atomic E-state index is 13.0. The average Bonchev–Trinajstić information content (AvgIpc) is 3.38. The quantitative estimate of drug-likeness (QED) is 0.222. The van der Waals surface area contributed by atoms with Gasteiger partial charge < -0.3 is 29.9 Å². The Morgan fingerprint density at radius 3 is 1.39 bits per heavy atom. The number of benzene rings is 1. The van der Waals surface area contributed by atoms with E-state index in [9.17, 15) is 19.2 Å². The second kappa shape index (κ2) is 12.4. The molecule has 38 heavy (non-hydrogen) atoms. The first-order valence-electron chi connectivity index (χ1n) is 13.8. The summed E-state index contributed by atoms with van der Waals surface area (Å²) in [5.41, 5.74) is 0.934. The zero-order valence-electron chi connectivity index (χ0n) is 21.9. The number of ether oxygens (including phenoxy) is 2. The Kier molecular flexibility index (Phi) is 8.77. The lowest BCUT2D eigenvalue weighted by molar-refractivity contribution is -0.920. The lowest BCUT2D eigenvalue weighted by atomic mass is 10.2. The predicted octanol–water partition coefficient (Wildman–Crippen LogP) is -6.09. The molecule has 4 amide bonds. The van der Waals surface area contributed by atoms with Gasteiger partial charge in [-0.2, -0.15) is 0 Å². The summed E-state index contributed by atoms with van der Waals surface area (Å²) in [5.74, 6) is -0.892. The molecule has 5 rings (SSSR count). The van der Waals surface area contributed by atoms with Crippen LogP contribution < -0.4 is 30.2 Å². The van der Waals surface area contributed by atoms with Crippen LogP contribution in [0.2, 0.25) is 0 Å². The van der Waals surface area contributed by atoms with E-state index in [0.717, 1.165) is 78.8 Å². The van der Waals surface area contributed by atoms with Crippen LogP contribution in [-0.2, 0) is 28.7 Å². The molecule has 4 aliphatic rings. The molecule has 0 aromatic heterocycles. The van der Waals surface area contributed by atoms with Gasteiger partial charge in [-0.1, -0.05) is 0 Å². The fraction of sp³-hybridized carbons (Fsp3) is 0.615. The molecule has 4 saturated heterocycles. The van der Waals surface area contributed by atoms with Gasteiger partial charge >= 0.3 is 0 Å². The topological polar surface area (TPSA) is 135 Å². The predicted molar refractivity (Wildman–Crippen MR) is 135 cm³/mol. The first kappa shape index (κ1) is 26.9. The van der Waals surface area contributed by atoms with Gasteiger partial charge in [0.05, 0.1) is 50.6 Å². The first-order chi connectivity index (χ1) is 18.5. The Balaban J connectivity index is 1.13. The van der Waals surface area contributed by atoms with Crippen LogP contribution in [0.3, 0.4) is 0 Å². The molecule has 12 nitrogen and oxygen atoms in total.